The van der Waals surface area contributed by atoms with E-state index in [0.717, 1.165) is 6.54 Å². The highest BCUT2D eigenvalue weighted by molar-refractivity contribution is 6.04. The number of amides is 3. The zero-order valence-corrected chi connectivity index (χ0v) is 23.1. The number of benzene rings is 2. The molecule has 4 rings (SSSR count). The maximum Gasteiger partial charge on any atom is 0.323 e. The molecule has 0 saturated heterocycles. The lowest BCUT2D eigenvalue weighted by atomic mass is 9.99. The fourth-order valence-electron chi connectivity index (χ4n) is 4.76. The number of fused-ring (bicyclic) bond motifs is 1. The van der Waals surface area contributed by atoms with Crippen LogP contribution in [0.2, 0.25) is 0 Å². The Hall–Kier alpha value is -3.89. The molecule has 0 aliphatic carbocycles. The smallest absolute Gasteiger partial charge is 0.323 e. The first kappa shape index (κ1) is 28.1. The van der Waals surface area contributed by atoms with Crippen molar-refractivity contribution in [1.82, 2.24) is 15.0 Å². The summed E-state index contributed by atoms with van der Waals surface area (Å²) in [5.74, 6) is 0.473. The SMILES string of the molecule is Cc1noc(C)c1NC(=O)Nc1cccc2c1O[C@H](CN(C)Cc1ccccc1)[C@H](C)CN([C@@H](C)CO)C2=O. The number of nitrogens with one attached hydrogen (secondary N) is 2. The van der Waals surface area contributed by atoms with Crippen LogP contribution in [0.3, 0.4) is 0 Å². The van der Waals surface area contributed by atoms with Crippen LogP contribution in [0.15, 0.2) is 53.1 Å². The Balaban J connectivity index is 1.64. The molecule has 0 fully saturated rings. The van der Waals surface area contributed by atoms with Gasteiger partial charge in [-0.15, -0.1) is 0 Å². The van der Waals surface area contributed by atoms with Crippen molar-refractivity contribution in [2.75, 3.05) is 37.4 Å². The minimum atomic E-state index is -0.512. The molecule has 3 aromatic rings. The van der Waals surface area contributed by atoms with Crippen LogP contribution in [-0.4, -0.2) is 70.9 Å². The van der Waals surface area contributed by atoms with Gasteiger partial charge in [0.1, 0.15) is 17.5 Å². The van der Waals surface area contributed by atoms with E-state index in [4.69, 9.17) is 9.26 Å². The van der Waals surface area contributed by atoms with Crippen LogP contribution >= 0.6 is 0 Å². The monoisotopic (exact) mass is 535 g/mol. The predicted octanol–water partition coefficient (Wildman–Crippen LogP) is 4.29. The summed E-state index contributed by atoms with van der Waals surface area (Å²) in [6.45, 7) is 8.89. The van der Waals surface area contributed by atoms with Crippen LogP contribution in [0.4, 0.5) is 16.2 Å². The number of aryl methyl sites for hydroxylation is 2. The highest BCUT2D eigenvalue weighted by Crippen LogP contribution is 2.35. The van der Waals surface area contributed by atoms with Crippen LogP contribution in [0.1, 0.15) is 41.2 Å². The number of ether oxygens (including phenoxy) is 1. The molecule has 3 N–H and O–H groups in total. The van der Waals surface area contributed by atoms with Gasteiger partial charge in [0, 0.05) is 25.6 Å². The second-order valence-corrected chi connectivity index (χ2v) is 10.3. The van der Waals surface area contributed by atoms with Gasteiger partial charge in [-0.1, -0.05) is 48.5 Å². The number of carbonyl (C=O) groups excluding carboxylic acids is 2. The van der Waals surface area contributed by atoms with E-state index in [9.17, 15) is 14.7 Å². The number of anilines is 2. The standard InChI is InChI=1S/C29H37N5O5/c1-18-14-34(19(2)17-35)28(36)23-12-9-13-24(30-29(37)31-26-20(3)32-39-21(26)4)27(23)38-25(18)16-33(5)15-22-10-7-6-8-11-22/h6-13,18-19,25,35H,14-17H2,1-5H3,(H2,30,31,37)/t18-,19+,25-/m1/s1. The van der Waals surface area contributed by atoms with E-state index in [0.29, 0.717) is 47.2 Å². The zero-order valence-electron chi connectivity index (χ0n) is 23.1. The number of urea groups is 1. The molecule has 2 aromatic carbocycles. The van der Waals surface area contributed by atoms with E-state index in [1.165, 1.54) is 5.56 Å². The normalized spacial score (nSPS) is 18.1. The lowest BCUT2D eigenvalue weighted by molar-refractivity contribution is 0.0343. The highest BCUT2D eigenvalue weighted by atomic mass is 16.5. The van der Waals surface area contributed by atoms with E-state index in [2.05, 4.69) is 32.8 Å². The van der Waals surface area contributed by atoms with Crippen molar-refractivity contribution in [3.63, 3.8) is 0 Å². The molecule has 3 atom stereocenters. The van der Waals surface area contributed by atoms with Gasteiger partial charge in [-0.3, -0.25) is 9.69 Å². The van der Waals surface area contributed by atoms with Gasteiger partial charge in [0.05, 0.1) is 23.9 Å². The van der Waals surface area contributed by atoms with Gasteiger partial charge in [0.15, 0.2) is 11.5 Å². The van der Waals surface area contributed by atoms with E-state index in [-0.39, 0.29) is 30.6 Å². The van der Waals surface area contributed by atoms with Crippen LogP contribution in [0, 0.1) is 19.8 Å². The number of hydrogen-bond acceptors (Lipinski definition) is 7. The van der Waals surface area contributed by atoms with Crippen molar-refractivity contribution in [2.45, 2.75) is 46.4 Å². The van der Waals surface area contributed by atoms with Gasteiger partial charge in [0.25, 0.3) is 5.91 Å². The van der Waals surface area contributed by atoms with Gasteiger partial charge >= 0.3 is 6.03 Å². The summed E-state index contributed by atoms with van der Waals surface area (Å²) in [4.78, 5) is 30.5. The van der Waals surface area contributed by atoms with Crippen LogP contribution < -0.4 is 15.4 Å². The molecule has 39 heavy (non-hydrogen) atoms. The number of rotatable bonds is 8. The first-order valence-electron chi connectivity index (χ1n) is 13.1. The Kier molecular flexibility index (Phi) is 8.88. The van der Waals surface area contributed by atoms with E-state index in [1.54, 1.807) is 36.9 Å². The van der Waals surface area contributed by atoms with Crippen LogP contribution in [0.5, 0.6) is 5.75 Å². The molecule has 1 aliphatic heterocycles. The molecule has 208 valence electrons. The van der Waals surface area contributed by atoms with E-state index < -0.39 is 6.03 Å². The summed E-state index contributed by atoms with van der Waals surface area (Å²) in [5, 5.41) is 19.4. The van der Waals surface area contributed by atoms with Gasteiger partial charge in [-0.05, 0) is 45.5 Å². The molecule has 2 heterocycles. The zero-order chi connectivity index (χ0) is 28.1. The van der Waals surface area contributed by atoms with Crippen LogP contribution in [-0.2, 0) is 6.54 Å². The maximum absolute atomic E-state index is 13.7. The third-order valence-corrected chi connectivity index (χ3v) is 7.00. The molecule has 0 radical (unpaired) electrons. The number of hydrogen-bond donors (Lipinski definition) is 3. The molecular weight excluding hydrogens is 498 g/mol. The summed E-state index contributed by atoms with van der Waals surface area (Å²) in [6, 6.07) is 14.4. The molecule has 10 nitrogen and oxygen atoms in total. The Bertz CT molecular complexity index is 1270. The maximum atomic E-state index is 13.7. The third kappa shape index (κ3) is 6.58. The molecule has 10 heteroatoms. The Morgan fingerprint density at radius 1 is 1.18 bits per heavy atom. The first-order chi connectivity index (χ1) is 18.7. The minimum Gasteiger partial charge on any atom is -0.486 e. The summed E-state index contributed by atoms with van der Waals surface area (Å²) in [5.41, 5.74) is 2.92. The van der Waals surface area contributed by atoms with Crippen LogP contribution in [0.25, 0.3) is 0 Å². The van der Waals surface area contributed by atoms with Crippen molar-refractivity contribution in [3.8, 4) is 5.75 Å². The molecule has 0 unspecified atom stereocenters. The Labute approximate surface area is 228 Å². The van der Waals surface area contributed by atoms with E-state index >= 15 is 0 Å². The quantitative estimate of drug-likeness (QED) is 0.394. The van der Waals surface area contributed by atoms with Crippen molar-refractivity contribution in [2.24, 2.45) is 5.92 Å². The molecular formula is C29H37N5O5. The highest BCUT2D eigenvalue weighted by Gasteiger charge is 2.34. The van der Waals surface area contributed by atoms with Gasteiger partial charge < -0.3 is 29.9 Å². The molecule has 0 saturated carbocycles. The van der Waals surface area contributed by atoms with Crippen molar-refractivity contribution in [3.05, 3.63) is 71.1 Å². The number of nitrogens with zero attached hydrogens (tertiary/aromatic N) is 3. The second kappa shape index (κ2) is 12.3. The van der Waals surface area contributed by atoms with Crippen molar-refractivity contribution in [1.29, 1.82) is 0 Å². The number of likely N-dealkylation sites (N-methyl/N-ethyl adjacent to an activating group) is 1. The predicted molar refractivity (Wildman–Crippen MR) is 149 cm³/mol. The second-order valence-electron chi connectivity index (χ2n) is 10.3. The molecule has 1 aliphatic rings. The largest absolute Gasteiger partial charge is 0.486 e. The lowest BCUT2D eigenvalue weighted by Crippen LogP contribution is -2.49. The fraction of sp³-hybridized carbons (Fsp3) is 0.414. The Morgan fingerprint density at radius 2 is 1.92 bits per heavy atom. The third-order valence-electron chi connectivity index (χ3n) is 7.00. The average molecular weight is 536 g/mol. The number of aliphatic hydroxyl groups is 1. The minimum absolute atomic E-state index is 0.0569. The summed E-state index contributed by atoms with van der Waals surface area (Å²) < 4.78 is 11.7. The summed E-state index contributed by atoms with van der Waals surface area (Å²) in [7, 11) is 2.03. The number of para-hydroxylation sites is 1. The van der Waals surface area contributed by atoms with E-state index in [1.807, 2.05) is 39.1 Å². The van der Waals surface area contributed by atoms with Gasteiger partial charge in [-0.25, -0.2) is 4.79 Å². The molecule has 1 aromatic heterocycles. The lowest BCUT2D eigenvalue weighted by Gasteiger charge is -2.38. The number of aliphatic hydroxyl groups excluding tert-OH is 1. The average Bonchev–Trinajstić information content (AvgIpc) is 3.23. The van der Waals surface area contributed by atoms with Crippen molar-refractivity contribution < 1.29 is 24.0 Å². The topological polar surface area (TPSA) is 120 Å². The fourth-order valence-corrected chi connectivity index (χ4v) is 4.76. The number of aromatic nitrogens is 1. The van der Waals surface area contributed by atoms with Gasteiger partial charge in [-0.2, -0.15) is 0 Å². The molecule has 3 amide bonds. The summed E-state index contributed by atoms with van der Waals surface area (Å²) in [6.07, 6.45) is -0.299. The van der Waals surface area contributed by atoms with Gasteiger partial charge in [0.2, 0.25) is 0 Å². The first-order valence-corrected chi connectivity index (χ1v) is 13.1. The summed E-state index contributed by atoms with van der Waals surface area (Å²) >= 11 is 0. The van der Waals surface area contributed by atoms with Crippen molar-refractivity contribution >= 4 is 23.3 Å². The number of carbonyl (C=O) groups is 2. The molecule has 0 spiro atoms. The Morgan fingerprint density at radius 3 is 2.59 bits per heavy atom. The molecule has 0 bridgehead atoms.